The fraction of sp³-hybridized carbons (Fsp3) is 0.533. The van der Waals surface area contributed by atoms with Gasteiger partial charge in [-0.3, -0.25) is 4.79 Å². The summed E-state index contributed by atoms with van der Waals surface area (Å²) in [7, 11) is -3.57. The molecule has 1 aromatic carbocycles. The monoisotopic (exact) mass is 328 g/mol. The number of benzene rings is 1. The third kappa shape index (κ3) is 5.65. The van der Waals surface area contributed by atoms with Gasteiger partial charge in [-0.2, -0.15) is 0 Å². The Morgan fingerprint density at radius 1 is 1.18 bits per heavy atom. The number of rotatable bonds is 9. The molecule has 7 heteroatoms. The Bertz CT molecular complexity index is 570. The van der Waals surface area contributed by atoms with Gasteiger partial charge in [0.25, 0.3) is 0 Å². The van der Waals surface area contributed by atoms with Gasteiger partial charge >= 0.3 is 0 Å². The fourth-order valence-corrected chi connectivity index (χ4v) is 3.00. The van der Waals surface area contributed by atoms with E-state index in [1.165, 1.54) is 19.1 Å². The smallest absolute Gasteiger partial charge is 0.240 e. The molecule has 0 radical (unpaired) electrons. The molecule has 0 saturated carbocycles. The lowest BCUT2D eigenvalue weighted by molar-refractivity contribution is -0.128. The molecule has 1 N–H and O–H groups in total. The van der Waals surface area contributed by atoms with Crippen LogP contribution in [0.1, 0.15) is 27.2 Å². The number of nitrogens with one attached hydrogen (secondary N) is 1. The number of carbonyl (C=O) groups is 1. The maximum absolute atomic E-state index is 12.2. The van der Waals surface area contributed by atoms with Crippen LogP contribution in [0.2, 0.25) is 0 Å². The molecule has 22 heavy (non-hydrogen) atoms. The van der Waals surface area contributed by atoms with Gasteiger partial charge in [0, 0.05) is 26.6 Å². The van der Waals surface area contributed by atoms with Crippen molar-refractivity contribution in [2.24, 2.45) is 0 Å². The van der Waals surface area contributed by atoms with Crippen LogP contribution in [0.25, 0.3) is 0 Å². The zero-order valence-electron chi connectivity index (χ0n) is 13.3. The third-order valence-electron chi connectivity index (χ3n) is 3.06. The van der Waals surface area contributed by atoms with E-state index < -0.39 is 10.0 Å². The van der Waals surface area contributed by atoms with E-state index in [1.807, 2.05) is 13.8 Å². The number of hydrogen-bond donors (Lipinski definition) is 1. The lowest BCUT2D eigenvalue weighted by Gasteiger charge is -2.20. The normalized spacial score (nSPS) is 11.2. The van der Waals surface area contributed by atoms with Gasteiger partial charge in [0.1, 0.15) is 5.75 Å². The summed E-state index contributed by atoms with van der Waals surface area (Å²) in [6, 6.07) is 6.25. The molecule has 0 saturated heterocycles. The Hall–Kier alpha value is -1.60. The molecule has 0 heterocycles. The minimum Gasteiger partial charge on any atom is -0.494 e. The number of nitrogens with zero attached hydrogens (tertiary/aromatic N) is 1. The van der Waals surface area contributed by atoms with Crippen molar-refractivity contribution in [1.82, 2.24) is 9.62 Å². The van der Waals surface area contributed by atoms with Crippen LogP contribution in [0.5, 0.6) is 5.75 Å². The highest BCUT2D eigenvalue weighted by atomic mass is 32.2. The molecular formula is C15H24N2O4S. The summed E-state index contributed by atoms with van der Waals surface area (Å²) >= 11 is 0. The second kappa shape index (κ2) is 8.75. The summed E-state index contributed by atoms with van der Waals surface area (Å²) in [6.45, 7) is 7.03. The van der Waals surface area contributed by atoms with Crippen molar-refractivity contribution in [2.75, 3.05) is 26.2 Å². The molecule has 1 amide bonds. The predicted molar refractivity (Wildman–Crippen MR) is 85.3 cm³/mol. The first kappa shape index (κ1) is 18.4. The van der Waals surface area contributed by atoms with Crippen LogP contribution in [0.15, 0.2) is 29.2 Å². The van der Waals surface area contributed by atoms with Crippen molar-refractivity contribution in [2.45, 2.75) is 32.1 Å². The zero-order chi connectivity index (χ0) is 16.6. The summed E-state index contributed by atoms with van der Waals surface area (Å²) in [5, 5.41) is 0. The van der Waals surface area contributed by atoms with Crippen LogP contribution >= 0.6 is 0 Å². The lowest BCUT2D eigenvalue weighted by atomic mass is 10.3. The Morgan fingerprint density at radius 3 is 2.32 bits per heavy atom. The molecule has 6 nitrogen and oxygen atoms in total. The maximum atomic E-state index is 12.2. The predicted octanol–water partition coefficient (Wildman–Crippen LogP) is 1.62. The van der Waals surface area contributed by atoms with E-state index in [-0.39, 0.29) is 17.3 Å². The van der Waals surface area contributed by atoms with Crippen LogP contribution < -0.4 is 9.46 Å². The van der Waals surface area contributed by atoms with E-state index >= 15 is 0 Å². The Kier molecular flexibility index (Phi) is 7.34. The second-order valence-corrected chi connectivity index (χ2v) is 6.58. The Labute approximate surface area is 132 Å². The van der Waals surface area contributed by atoms with E-state index in [1.54, 1.807) is 17.0 Å². The fourth-order valence-electron chi connectivity index (χ4n) is 1.98. The summed E-state index contributed by atoms with van der Waals surface area (Å²) in [5.74, 6) is 0.578. The number of hydrogen-bond acceptors (Lipinski definition) is 4. The second-order valence-electron chi connectivity index (χ2n) is 4.81. The minimum absolute atomic E-state index is 0.0536. The van der Waals surface area contributed by atoms with Crippen molar-refractivity contribution < 1.29 is 17.9 Å². The highest BCUT2D eigenvalue weighted by molar-refractivity contribution is 7.89. The first-order valence-electron chi connectivity index (χ1n) is 7.38. The van der Waals surface area contributed by atoms with Crippen molar-refractivity contribution in [3.05, 3.63) is 24.3 Å². The van der Waals surface area contributed by atoms with Crippen LogP contribution in [0.4, 0.5) is 0 Å². The van der Waals surface area contributed by atoms with Gasteiger partial charge in [-0.1, -0.05) is 6.92 Å². The van der Waals surface area contributed by atoms with Gasteiger partial charge in [-0.25, -0.2) is 13.1 Å². The van der Waals surface area contributed by atoms with Crippen molar-refractivity contribution in [3.63, 3.8) is 0 Å². The average molecular weight is 328 g/mol. The standard InChI is InChI=1S/C15H24N2O4S/c1-4-11-17(13(3)18)12-10-16-22(19,20)15-8-6-14(7-9-15)21-5-2/h6-9,16H,4-5,10-12H2,1-3H3. The number of amides is 1. The summed E-state index contributed by atoms with van der Waals surface area (Å²) in [4.78, 5) is 13.2. The van der Waals surface area contributed by atoms with Gasteiger partial charge in [0.2, 0.25) is 15.9 Å². The number of ether oxygens (including phenoxy) is 1. The van der Waals surface area contributed by atoms with Gasteiger partial charge in [-0.05, 0) is 37.6 Å². The van der Waals surface area contributed by atoms with Crippen molar-refractivity contribution in [3.8, 4) is 5.75 Å². The van der Waals surface area contributed by atoms with E-state index in [9.17, 15) is 13.2 Å². The first-order chi connectivity index (χ1) is 10.4. The molecule has 124 valence electrons. The number of carbonyl (C=O) groups excluding carboxylic acids is 1. The zero-order valence-corrected chi connectivity index (χ0v) is 14.1. The van der Waals surface area contributed by atoms with E-state index in [2.05, 4.69) is 4.72 Å². The SMILES string of the molecule is CCCN(CCNS(=O)(=O)c1ccc(OCC)cc1)C(C)=O. The van der Waals surface area contributed by atoms with Gasteiger partial charge in [0.05, 0.1) is 11.5 Å². The third-order valence-corrected chi connectivity index (χ3v) is 4.53. The van der Waals surface area contributed by atoms with E-state index in [4.69, 9.17) is 4.74 Å². The highest BCUT2D eigenvalue weighted by Crippen LogP contribution is 2.15. The lowest BCUT2D eigenvalue weighted by Crippen LogP contribution is -2.37. The molecular weight excluding hydrogens is 304 g/mol. The van der Waals surface area contributed by atoms with Crippen LogP contribution in [0.3, 0.4) is 0 Å². The molecule has 0 aliphatic heterocycles. The average Bonchev–Trinajstić information content (AvgIpc) is 2.47. The van der Waals surface area contributed by atoms with E-state index in [0.29, 0.717) is 25.4 Å². The summed E-state index contributed by atoms with van der Waals surface area (Å²) in [6.07, 6.45) is 0.839. The first-order valence-corrected chi connectivity index (χ1v) is 8.87. The Morgan fingerprint density at radius 2 is 1.82 bits per heavy atom. The van der Waals surface area contributed by atoms with Crippen molar-refractivity contribution >= 4 is 15.9 Å². The maximum Gasteiger partial charge on any atom is 0.240 e. The van der Waals surface area contributed by atoms with Crippen molar-refractivity contribution in [1.29, 1.82) is 0 Å². The Balaban J connectivity index is 2.61. The van der Waals surface area contributed by atoms with Gasteiger partial charge in [-0.15, -0.1) is 0 Å². The molecule has 1 rings (SSSR count). The molecule has 0 spiro atoms. The van der Waals surface area contributed by atoms with Gasteiger partial charge in [0.15, 0.2) is 0 Å². The molecule has 0 unspecified atom stereocenters. The molecule has 0 aliphatic rings. The molecule has 0 atom stereocenters. The molecule has 0 aliphatic carbocycles. The molecule has 0 fully saturated rings. The largest absolute Gasteiger partial charge is 0.494 e. The molecule has 0 bridgehead atoms. The topological polar surface area (TPSA) is 75.7 Å². The number of sulfonamides is 1. The van der Waals surface area contributed by atoms with E-state index in [0.717, 1.165) is 6.42 Å². The molecule has 1 aromatic rings. The van der Waals surface area contributed by atoms with Crippen LogP contribution in [-0.4, -0.2) is 45.5 Å². The van der Waals surface area contributed by atoms with Crippen LogP contribution in [-0.2, 0) is 14.8 Å². The quantitative estimate of drug-likeness (QED) is 0.747. The minimum atomic E-state index is -3.57. The summed E-state index contributed by atoms with van der Waals surface area (Å²) < 4.78 is 32.1. The highest BCUT2D eigenvalue weighted by Gasteiger charge is 2.15. The van der Waals surface area contributed by atoms with Gasteiger partial charge < -0.3 is 9.64 Å². The summed E-state index contributed by atoms with van der Waals surface area (Å²) in [5.41, 5.74) is 0. The van der Waals surface area contributed by atoms with Crippen LogP contribution in [0, 0.1) is 0 Å². The molecule has 0 aromatic heterocycles.